The zero-order valence-corrected chi connectivity index (χ0v) is 12.2. The van der Waals surface area contributed by atoms with Crippen molar-refractivity contribution in [3.8, 4) is 0 Å². The molecule has 0 unspecified atom stereocenters. The summed E-state index contributed by atoms with van der Waals surface area (Å²) >= 11 is 5.89. The molecule has 0 radical (unpaired) electrons. The maximum Gasteiger partial charge on any atom is 0.227 e. The van der Waals surface area contributed by atoms with Crippen molar-refractivity contribution in [2.75, 3.05) is 17.7 Å². The maximum absolute atomic E-state index is 11.7. The first kappa shape index (κ1) is 14.5. The van der Waals surface area contributed by atoms with Crippen LogP contribution in [0.5, 0.6) is 0 Å². The Balaban J connectivity index is 2.70. The van der Waals surface area contributed by atoms with Gasteiger partial charge in [-0.15, -0.1) is 11.8 Å². The minimum Gasteiger partial charge on any atom is -0.315 e. The van der Waals surface area contributed by atoms with Gasteiger partial charge in [0.15, 0.2) is 0 Å². The van der Waals surface area contributed by atoms with E-state index in [9.17, 15) is 4.79 Å². The van der Waals surface area contributed by atoms with Gasteiger partial charge in [0.2, 0.25) is 5.91 Å². The number of carbonyl (C=O) groups is 1. The summed E-state index contributed by atoms with van der Waals surface area (Å²) in [6, 6.07) is 8.09. The van der Waals surface area contributed by atoms with E-state index in [1.807, 2.05) is 23.9 Å². The molecule has 0 aliphatic carbocycles. The normalized spacial score (nSPS) is 10.6. The number of hydrogen-bond acceptors (Lipinski definition) is 3. The van der Waals surface area contributed by atoms with E-state index in [4.69, 9.17) is 0 Å². The number of nitrogens with zero attached hydrogens (tertiary/aromatic N) is 1. The first-order valence-corrected chi connectivity index (χ1v) is 7.20. The summed E-state index contributed by atoms with van der Waals surface area (Å²) in [5.74, 6) is 0.689. The Morgan fingerprint density at radius 2 is 1.94 bits per heavy atom. The summed E-state index contributed by atoms with van der Waals surface area (Å²) in [5.41, 5.74) is 0.935. The van der Waals surface area contributed by atoms with E-state index in [2.05, 4.69) is 38.6 Å². The van der Waals surface area contributed by atoms with Gasteiger partial charge < -0.3 is 4.90 Å². The largest absolute Gasteiger partial charge is 0.315 e. The fourth-order valence-electron chi connectivity index (χ4n) is 1.43. The van der Waals surface area contributed by atoms with E-state index in [1.54, 1.807) is 11.9 Å². The van der Waals surface area contributed by atoms with Crippen LogP contribution in [0.3, 0.4) is 0 Å². The zero-order valence-electron chi connectivity index (χ0n) is 10.5. The highest BCUT2D eigenvalue weighted by Crippen LogP contribution is 2.25. The van der Waals surface area contributed by atoms with Gasteiger partial charge in [-0.3, -0.25) is 4.79 Å². The molecule has 0 spiro atoms. The summed E-state index contributed by atoms with van der Waals surface area (Å²) < 4.78 is 0. The van der Waals surface area contributed by atoms with Crippen LogP contribution in [0.4, 0.5) is 5.69 Å². The third kappa shape index (κ3) is 4.64. The van der Waals surface area contributed by atoms with E-state index in [1.165, 1.54) is 4.90 Å². The molecule has 0 bridgehead atoms. The minimum atomic E-state index is 0.101. The molecule has 0 heterocycles. The third-order valence-electron chi connectivity index (χ3n) is 2.30. The molecule has 0 fully saturated rings. The molecule has 0 N–H and O–H groups in total. The van der Waals surface area contributed by atoms with Gasteiger partial charge in [-0.25, -0.2) is 0 Å². The average Bonchev–Trinajstić information content (AvgIpc) is 2.28. The number of thiol groups is 1. The second kappa shape index (κ2) is 6.97. The van der Waals surface area contributed by atoms with Crippen LogP contribution < -0.4 is 4.90 Å². The lowest BCUT2D eigenvalue weighted by Gasteiger charge is -2.17. The van der Waals surface area contributed by atoms with Gasteiger partial charge in [-0.2, -0.15) is 12.6 Å². The van der Waals surface area contributed by atoms with Gasteiger partial charge in [0, 0.05) is 29.3 Å². The fourth-order valence-corrected chi connectivity index (χ4v) is 2.46. The van der Waals surface area contributed by atoms with Crippen LogP contribution in [0.1, 0.15) is 20.3 Å². The van der Waals surface area contributed by atoms with Crippen LogP contribution in [0.15, 0.2) is 29.2 Å². The molecule has 0 saturated heterocycles. The number of benzene rings is 1. The number of amides is 1. The zero-order chi connectivity index (χ0) is 12.8. The SMILES string of the molecule is CC(C)Sc1ccc(N(C)C(=O)CCS)cc1. The van der Waals surface area contributed by atoms with Crippen LogP contribution in [0, 0.1) is 0 Å². The Kier molecular flexibility index (Phi) is 5.92. The number of anilines is 1. The fraction of sp³-hybridized carbons (Fsp3) is 0.462. The summed E-state index contributed by atoms with van der Waals surface area (Å²) in [4.78, 5) is 14.6. The molecule has 1 aromatic carbocycles. The highest BCUT2D eigenvalue weighted by molar-refractivity contribution is 7.99. The lowest BCUT2D eigenvalue weighted by Crippen LogP contribution is -2.26. The number of hydrogen-bond donors (Lipinski definition) is 1. The first-order valence-electron chi connectivity index (χ1n) is 5.68. The molecule has 0 aliphatic rings. The van der Waals surface area contributed by atoms with Gasteiger partial charge in [0.05, 0.1) is 0 Å². The monoisotopic (exact) mass is 269 g/mol. The summed E-state index contributed by atoms with van der Waals surface area (Å²) in [6.45, 7) is 4.34. The lowest BCUT2D eigenvalue weighted by atomic mass is 10.3. The molecular weight excluding hydrogens is 250 g/mol. The first-order chi connectivity index (χ1) is 8.04. The predicted molar refractivity (Wildman–Crippen MR) is 79.3 cm³/mol. The van der Waals surface area contributed by atoms with Gasteiger partial charge >= 0.3 is 0 Å². The highest BCUT2D eigenvalue weighted by Gasteiger charge is 2.09. The minimum absolute atomic E-state index is 0.101. The lowest BCUT2D eigenvalue weighted by molar-refractivity contribution is -0.117. The third-order valence-corrected chi connectivity index (χ3v) is 3.53. The molecule has 0 aromatic heterocycles. The second-order valence-electron chi connectivity index (χ2n) is 4.09. The molecule has 0 atom stereocenters. The summed E-state index contributed by atoms with van der Waals surface area (Å²) in [7, 11) is 1.80. The van der Waals surface area contributed by atoms with Crippen molar-refractivity contribution in [2.45, 2.75) is 30.4 Å². The Morgan fingerprint density at radius 1 is 1.35 bits per heavy atom. The predicted octanol–water partition coefficient (Wildman–Crippen LogP) is 3.47. The molecule has 94 valence electrons. The summed E-state index contributed by atoms with van der Waals surface area (Å²) in [5, 5.41) is 0.574. The highest BCUT2D eigenvalue weighted by atomic mass is 32.2. The van der Waals surface area contributed by atoms with Crippen LogP contribution >= 0.6 is 24.4 Å². The van der Waals surface area contributed by atoms with Crippen LogP contribution in [-0.4, -0.2) is 24.0 Å². The van der Waals surface area contributed by atoms with E-state index >= 15 is 0 Å². The Bertz CT molecular complexity index is 362. The number of rotatable bonds is 5. The van der Waals surface area contributed by atoms with Crippen molar-refractivity contribution in [1.82, 2.24) is 0 Å². The molecule has 2 nitrogen and oxygen atoms in total. The van der Waals surface area contributed by atoms with E-state index in [-0.39, 0.29) is 5.91 Å². The van der Waals surface area contributed by atoms with Crippen molar-refractivity contribution in [1.29, 1.82) is 0 Å². The van der Waals surface area contributed by atoms with Gasteiger partial charge in [0.25, 0.3) is 0 Å². The summed E-state index contributed by atoms with van der Waals surface area (Å²) in [6.07, 6.45) is 0.474. The van der Waals surface area contributed by atoms with Crippen LogP contribution in [-0.2, 0) is 4.79 Å². The van der Waals surface area contributed by atoms with Gasteiger partial charge in [-0.1, -0.05) is 13.8 Å². The van der Waals surface area contributed by atoms with Crippen LogP contribution in [0.25, 0.3) is 0 Å². The molecular formula is C13H19NOS2. The molecule has 17 heavy (non-hydrogen) atoms. The Hall–Kier alpha value is -0.610. The van der Waals surface area contributed by atoms with E-state index < -0.39 is 0 Å². The van der Waals surface area contributed by atoms with Crippen molar-refractivity contribution in [3.05, 3.63) is 24.3 Å². The maximum atomic E-state index is 11.7. The van der Waals surface area contributed by atoms with Crippen molar-refractivity contribution in [3.63, 3.8) is 0 Å². The van der Waals surface area contributed by atoms with Crippen molar-refractivity contribution < 1.29 is 4.79 Å². The molecule has 1 rings (SSSR count). The molecule has 0 aliphatic heterocycles. The second-order valence-corrected chi connectivity index (χ2v) is 6.18. The Labute approximate surface area is 113 Å². The van der Waals surface area contributed by atoms with E-state index in [0.29, 0.717) is 17.4 Å². The standard InChI is InChI=1S/C13H19NOS2/c1-10(2)17-12-6-4-11(5-7-12)14(3)13(15)8-9-16/h4-7,10,16H,8-9H2,1-3H3. The van der Waals surface area contributed by atoms with Gasteiger partial charge in [-0.05, 0) is 30.0 Å². The number of thioether (sulfide) groups is 1. The van der Waals surface area contributed by atoms with Crippen molar-refractivity contribution >= 4 is 36.0 Å². The van der Waals surface area contributed by atoms with Crippen LogP contribution in [0.2, 0.25) is 0 Å². The number of carbonyl (C=O) groups excluding carboxylic acids is 1. The van der Waals surface area contributed by atoms with E-state index in [0.717, 1.165) is 5.69 Å². The molecule has 1 aromatic rings. The Morgan fingerprint density at radius 3 is 2.41 bits per heavy atom. The topological polar surface area (TPSA) is 20.3 Å². The van der Waals surface area contributed by atoms with Gasteiger partial charge in [0.1, 0.15) is 0 Å². The molecule has 0 saturated carbocycles. The quantitative estimate of drug-likeness (QED) is 0.652. The average molecular weight is 269 g/mol. The molecule has 1 amide bonds. The van der Waals surface area contributed by atoms with Crippen molar-refractivity contribution in [2.24, 2.45) is 0 Å². The smallest absolute Gasteiger partial charge is 0.227 e. The molecule has 4 heteroatoms.